The molecule has 0 heterocycles. The molecule has 0 aromatic heterocycles. The van der Waals surface area contributed by atoms with Gasteiger partial charge < -0.3 is 26.8 Å². The Balaban J connectivity index is 4.31. The molecule has 0 aliphatic heterocycles. The summed E-state index contributed by atoms with van der Waals surface area (Å²) in [5.74, 6) is -3.49. The van der Waals surface area contributed by atoms with Crippen LogP contribution >= 0.6 is 0 Å². The fraction of sp³-hybridized carbons (Fsp3) is 0.615. The number of aliphatic carboxylic acids is 1. The molecule has 0 radical (unpaired) electrons. The SMILES string of the molecule is CC(=O)NC(CC(N)=O)C(=O)NCC(=O)NC(C)CCC(=O)O. The van der Waals surface area contributed by atoms with Crippen LogP contribution in [-0.4, -0.2) is 53.3 Å². The van der Waals surface area contributed by atoms with E-state index in [9.17, 15) is 24.0 Å². The third-order valence-corrected chi connectivity index (χ3v) is 2.72. The van der Waals surface area contributed by atoms with Crippen LogP contribution in [0.3, 0.4) is 0 Å². The van der Waals surface area contributed by atoms with E-state index in [1.807, 2.05) is 0 Å². The number of carboxylic acids is 1. The predicted octanol–water partition coefficient (Wildman–Crippen LogP) is -2.15. The zero-order valence-corrected chi connectivity index (χ0v) is 13.0. The average Bonchev–Trinajstić information content (AvgIpc) is 2.40. The first-order valence-corrected chi connectivity index (χ1v) is 6.96. The third kappa shape index (κ3) is 10.7. The summed E-state index contributed by atoms with van der Waals surface area (Å²) in [6.07, 6.45) is -0.218. The lowest BCUT2D eigenvalue weighted by Gasteiger charge is -2.17. The number of hydrogen-bond donors (Lipinski definition) is 5. The Morgan fingerprint density at radius 2 is 1.74 bits per heavy atom. The highest BCUT2D eigenvalue weighted by molar-refractivity contribution is 5.93. The van der Waals surface area contributed by atoms with E-state index in [4.69, 9.17) is 10.8 Å². The summed E-state index contributed by atoms with van der Waals surface area (Å²) in [5, 5.41) is 15.6. The number of hydrogen-bond acceptors (Lipinski definition) is 5. The fourth-order valence-corrected chi connectivity index (χ4v) is 1.68. The molecule has 2 unspecified atom stereocenters. The van der Waals surface area contributed by atoms with Crippen molar-refractivity contribution in [3.05, 3.63) is 0 Å². The van der Waals surface area contributed by atoms with Crippen LogP contribution in [0.5, 0.6) is 0 Å². The highest BCUT2D eigenvalue weighted by atomic mass is 16.4. The Bertz CT molecular complexity index is 463. The Morgan fingerprint density at radius 3 is 2.22 bits per heavy atom. The minimum Gasteiger partial charge on any atom is -0.481 e. The number of primary amides is 1. The predicted molar refractivity (Wildman–Crippen MR) is 78.9 cm³/mol. The van der Waals surface area contributed by atoms with Gasteiger partial charge in [-0.05, 0) is 13.3 Å². The summed E-state index contributed by atoms with van der Waals surface area (Å²) in [6.45, 7) is 2.44. The summed E-state index contributed by atoms with van der Waals surface area (Å²) in [4.78, 5) is 55.7. The van der Waals surface area contributed by atoms with Crippen LogP contribution < -0.4 is 21.7 Å². The van der Waals surface area contributed by atoms with E-state index in [2.05, 4.69) is 16.0 Å². The van der Waals surface area contributed by atoms with Gasteiger partial charge in [0.2, 0.25) is 23.6 Å². The number of carbonyl (C=O) groups excluding carboxylic acids is 4. The van der Waals surface area contributed by atoms with E-state index in [-0.39, 0.29) is 31.8 Å². The van der Waals surface area contributed by atoms with Gasteiger partial charge in [-0.2, -0.15) is 0 Å². The smallest absolute Gasteiger partial charge is 0.303 e. The number of nitrogens with two attached hydrogens (primary N) is 1. The summed E-state index contributed by atoms with van der Waals surface area (Å²) in [5.41, 5.74) is 4.99. The standard InChI is InChI=1S/C13H22N4O6/c1-7(3-4-12(21)22)16-11(20)6-15-13(23)9(5-10(14)19)17-8(2)18/h7,9H,3-6H2,1-2H3,(H2,14,19)(H,15,23)(H,16,20)(H,17,18)(H,21,22). The molecule has 10 heteroatoms. The average molecular weight is 330 g/mol. The van der Waals surface area contributed by atoms with Gasteiger partial charge in [0.15, 0.2) is 0 Å². The van der Waals surface area contributed by atoms with E-state index >= 15 is 0 Å². The highest BCUT2D eigenvalue weighted by Gasteiger charge is 2.22. The number of amides is 4. The van der Waals surface area contributed by atoms with E-state index in [1.165, 1.54) is 6.92 Å². The number of rotatable bonds is 10. The highest BCUT2D eigenvalue weighted by Crippen LogP contribution is 1.96. The Labute approximate surface area is 133 Å². The molecule has 4 amide bonds. The second kappa shape index (κ2) is 10.1. The molecule has 0 aliphatic carbocycles. The van der Waals surface area contributed by atoms with Crippen LogP contribution in [0.25, 0.3) is 0 Å². The van der Waals surface area contributed by atoms with Crippen LogP contribution in [0.2, 0.25) is 0 Å². The third-order valence-electron chi connectivity index (χ3n) is 2.72. The molecule has 2 atom stereocenters. The molecule has 0 saturated carbocycles. The van der Waals surface area contributed by atoms with E-state index in [0.29, 0.717) is 0 Å². The first-order valence-electron chi connectivity index (χ1n) is 6.96. The Kier molecular flexibility index (Phi) is 8.97. The van der Waals surface area contributed by atoms with Gasteiger partial charge in [-0.1, -0.05) is 0 Å². The van der Waals surface area contributed by atoms with Gasteiger partial charge in [-0.25, -0.2) is 0 Å². The zero-order valence-electron chi connectivity index (χ0n) is 13.0. The van der Waals surface area contributed by atoms with Crippen molar-refractivity contribution in [3.8, 4) is 0 Å². The molecule has 0 saturated heterocycles. The van der Waals surface area contributed by atoms with Crippen LogP contribution in [-0.2, 0) is 24.0 Å². The maximum atomic E-state index is 11.8. The monoisotopic (exact) mass is 330 g/mol. The number of carbonyl (C=O) groups is 5. The Hall–Kier alpha value is -2.65. The molecule has 0 rings (SSSR count). The van der Waals surface area contributed by atoms with Crippen LogP contribution in [0.1, 0.15) is 33.1 Å². The van der Waals surface area contributed by atoms with Crippen molar-refractivity contribution in [2.24, 2.45) is 5.73 Å². The van der Waals surface area contributed by atoms with Crippen LogP contribution in [0, 0.1) is 0 Å². The molecule has 0 fully saturated rings. The van der Waals surface area contributed by atoms with Crippen molar-refractivity contribution in [3.63, 3.8) is 0 Å². The first kappa shape index (κ1) is 20.3. The molecular weight excluding hydrogens is 308 g/mol. The van der Waals surface area contributed by atoms with Crippen molar-refractivity contribution in [1.29, 1.82) is 0 Å². The molecule has 0 aliphatic rings. The lowest BCUT2D eigenvalue weighted by Crippen LogP contribution is -2.50. The van der Waals surface area contributed by atoms with Gasteiger partial charge in [0.25, 0.3) is 0 Å². The molecule has 6 N–H and O–H groups in total. The fourth-order valence-electron chi connectivity index (χ4n) is 1.68. The molecule has 0 aromatic carbocycles. The van der Waals surface area contributed by atoms with E-state index < -0.39 is 35.6 Å². The van der Waals surface area contributed by atoms with Gasteiger partial charge in [-0.3, -0.25) is 24.0 Å². The van der Waals surface area contributed by atoms with Crippen molar-refractivity contribution >= 4 is 29.6 Å². The number of nitrogens with one attached hydrogen (secondary N) is 3. The summed E-state index contributed by atoms with van der Waals surface area (Å²) in [7, 11) is 0. The molecule has 0 bridgehead atoms. The molecule has 130 valence electrons. The van der Waals surface area contributed by atoms with Gasteiger partial charge in [-0.15, -0.1) is 0 Å². The van der Waals surface area contributed by atoms with Crippen molar-refractivity contribution in [2.75, 3.05) is 6.54 Å². The summed E-state index contributed by atoms with van der Waals surface area (Å²) in [6, 6.07) is -1.52. The van der Waals surface area contributed by atoms with Gasteiger partial charge >= 0.3 is 5.97 Å². The van der Waals surface area contributed by atoms with E-state index in [0.717, 1.165) is 0 Å². The molecule has 23 heavy (non-hydrogen) atoms. The lowest BCUT2D eigenvalue weighted by atomic mass is 10.1. The molecule has 10 nitrogen and oxygen atoms in total. The van der Waals surface area contributed by atoms with Crippen LogP contribution in [0.4, 0.5) is 0 Å². The molecular formula is C13H22N4O6. The lowest BCUT2D eigenvalue weighted by molar-refractivity contribution is -0.137. The molecule has 0 aromatic rings. The molecule has 0 spiro atoms. The minimum absolute atomic E-state index is 0.0863. The summed E-state index contributed by atoms with van der Waals surface area (Å²) >= 11 is 0. The normalized spacial score (nSPS) is 12.6. The van der Waals surface area contributed by atoms with Crippen molar-refractivity contribution < 1.29 is 29.1 Å². The minimum atomic E-state index is -1.15. The van der Waals surface area contributed by atoms with Gasteiger partial charge in [0.1, 0.15) is 6.04 Å². The zero-order chi connectivity index (χ0) is 18.0. The second-order valence-corrected chi connectivity index (χ2v) is 5.04. The van der Waals surface area contributed by atoms with Crippen molar-refractivity contribution in [2.45, 2.75) is 45.2 Å². The Morgan fingerprint density at radius 1 is 1.13 bits per heavy atom. The van der Waals surface area contributed by atoms with Crippen LogP contribution in [0.15, 0.2) is 0 Å². The topological polar surface area (TPSA) is 168 Å². The first-order chi connectivity index (χ1) is 10.6. The maximum absolute atomic E-state index is 11.8. The second-order valence-electron chi connectivity index (χ2n) is 5.04. The number of carboxylic acid groups (broad SMARTS) is 1. The van der Waals surface area contributed by atoms with E-state index in [1.54, 1.807) is 6.92 Å². The van der Waals surface area contributed by atoms with Crippen molar-refractivity contribution in [1.82, 2.24) is 16.0 Å². The largest absolute Gasteiger partial charge is 0.481 e. The maximum Gasteiger partial charge on any atom is 0.303 e. The quantitative estimate of drug-likeness (QED) is 0.306. The van der Waals surface area contributed by atoms with Gasteiger partial charge in [0.05, 0.1) is 13.0 Å². The van der Waals surface area contributed by atoms with Gasteiger partial charge in [0, 0.05) is 19.4 Å². The summed E-state index contributed by atoms with van der Waals surface area (Å²) < 4.78 is 0.